The van der Waals surface area contributed by atoms with Crippen LogP contribution in [0.5, 0.6) is 0 Å². The molecule has 1 aromatic carbocycles. The van der Waals surface area contributed by atoms with Crippen LogP contribution < -0.4 is 15.5 Å². The number of methoxy groups -OCH3 is 1. The SMILES string of the molecule is CCNC(=NCCc1ccc(N(C)C)cc1)NC(C)COC.I. The Morgan fingerprint density at radius 3 is 2.43 bits per heavy atom. The maximum Gasteiger partial charge on any atom is 0.191 e. The molecule has 5 nitrogen and oxygen atoms in total. The summed E-state index contributed by atoms with van der Waals surface area (Å²) in [6, 6.07) is 8.85. The zero-order valence-electron chi connectivity index (χ0n) is 14.9. The minimum atomic E-state index is 0. The van der Waals surface area contributed by atoms with Crippen LogP contribution in [0.4, 0.5) is 5.69 Å². The van der Waals surface area contributed by atoms with E-state index in [1.807, 2.05) is 0 Å². The minimum Gasteiger partial charge on any atom is -0.383 e. The first-order valence-electron chi connectivity index (χ1n) is 7.86. The fourth-order valence-electron chi connectivity index (χ4n) is 2.10. The molecule has 132 valence electrons. The Kier molecular flexibility index (Phi) is 11.9. The number of nitrogens with one attached hydrogen (secondary N) is 2. The smallest absolute Gasteiger partial charge is 0.191 e. The van der Waals surface area contributed by atoms with Crippen LogP contribution >= 0.6 is 24.0 Å². The van der Waals surface area contributed by atoms with Gasteiger partial charge < -0.3 is 20.3 Å². The van der Waals surface area contributed by atoms with Gasteiger partial charge in [-0.2, -0.15) is 0 Å². The molecule has 1 rings (SSSR count). The lowest BCUT2D eigenvalue weighted by atomic mass is 10.1. The molecule has 0 bridgehead atoms. The topological polar surface area (TPSA) is 48.9 Å². The summed E-state index contributed by atoms with van der Waals surface area (Å²) in [4.78, 5) is 6.72. The van der Waals surface area contributed by atoms with Gasteiger partial charge in [0.15, 0.2) is 5.96 Å². The zero-order valence-corrected chi connectivity index (χ0v) is 17.3. The number of halogens is 1. The standard InChI is InChI=1S/C17H30N4O.HI/c1-6-18-17(20-14(2)13-22-5)19-12-11-15-7-9-16(10-8-15)21(3)4;/h7-10,14H,6,11-13H2,1-5H3,(H2,18,19,20);1H. The third-order valence-corrected chi connectivity index (χ3v) is 3.27. The average molecular weight is 434 g/mol. The van der Waals surface area contributed by atoms with Crippen LogP contribution in [0.3, 0.4) is 0 Å². The maximum absolute atomic E-state index is 5.14. The molecule has 23 heavy (non-hydrogen) atoms. The molecular formula is C17H31IN4O. The number of hydrogen-bond acceptors (Lipinski definition) is 3. The number of nitrogens with zero attached hydrogens (tertiary/aromatic N) is 2. The number of hydrogen-bond donors (Lipinski definition) is 2. The number of ether oxygens (including phenoxy) is 1. The average Bonchev–Trinajstić information content (AvgIpc) is 2.48. The van der Waals surface area contributed by atoms with Crippen molar-refractivity contribution in [3.63, 3.8) is 0 Å². The molecule has 6 heteroatoms. The Hall–Kier alpha value is -1.02. The largest absolute Gasteiger partial charge is 0.383 e. The van der Waals surface area contributed by atoms with Crippen molar-refractivity contribution in [2.45, 2.75) is 26.3 Å². The molecule has 2 N–H and O–H groups in total. The summed E-state index contributed by atoms with van der Waals surface area (Å²) < 4.78 is 5.14. The van der Waals surface area contributed by atoms with Crippen LogP contribution in [-0.4, -0.2) is 52.9 Å². The van der Waals surface area contributed by atoms with Crippen molar-refractivity contribution < 1.29 is 4.74 Å². The third kappa shape index (κ3) is 9.00. The van der Waals surface area contributed by atoms with Crippen molar-refractivity contribution in [3.8, 4) is 0 Å². The first kappa shape index (κ1) is 22.0. The Morgan fingerprint density at radius 1 is 1.26 bits per heavy atom. The van der Waals surface area contributed by atoms with Gasteiger partial charge in [-0.15, -0.1) is 24.0 Å². The quantitative estimate of drug-likeness (QED) is 0.375. The fourth-order valence-corrected chi connectivity index (χ4v) is 2.10. The molecule has 0 saturated carbocycles. The number of anilines is 1. The lowest BCUT2D eigenvalue weighted by molar-refractivity contribution is 0.179. The number of rotatable bonds is 8. The third-order valence-electron chi connectivity index (χ3n) is 3.27. The highest BCUT2D eigenvalue weighted by atomic mass is 127. The minimum absolute atomic E-state index is 0. The van der Waals surface area contributed by atoms with Gasteiger partial charge in [0.05, 0.1) is 6.61 Å². The molecule has 0 aliphatic carbocycles. The fraction of sp³-hybridized carbons (Fsp3) is 0.588. The van der Waals surface area contributed by atoms with Crippen molar-refractivity contribution in [2.24, 2.45) is 4.99 Å². The predicted octanol–water partition coefficient (Wildman–Crippen LogP) is 2.50. The van der Waals surface area contributed by atoms with Crippen molar-refractivity contribution in [1.82, 2.24) is 10.6 Å². The van der Waals surface area contributed by atoms with Gasteiger partial charge >= 0.3 is 0 Å². The lowest BCUT2D eigenvalue weighted by Gasteiger charge is -2.17. The van der Waals surface area contributed by atoms with E-state index >= 15 is 0 Å². The molecule has 0 spiro atoms. The summed E-state index contributed by atoms with van der Waals surface area (Å²) >= 11 is 0. The van der Waals surface area contributed by atoms with Crippen LogP contribution in [0.15, 0.2) is 29.3 Å². The van der Waals surface area contributed by atoms with Crippen LogP contribution in [0.25, 0.3) is 0 Å². The molecule has 0 aliphatic rings. The van der Waals surface area contributed by atoms with E-state index in [1.165, 1.54) is 11.3 Å². The summed E-state index contributed by atoms with van der Waals surface area (Å²) in [7, 11) is 5.81. The highest BCUT2D eigenvalue weighted by molar-refractivity contribution is 14.0. The van der Waals surface area contributed by atoms with Crippen LogP contribution in [-0.2, 0) is 11.2 Å². The van der Waals surface area contributed by atoms with Gasteiger partial charge in [-0.1, -0.05) is 12.1 Å². The second kappa shape index (κ2) is 12.4. The van der Waals surface area contributed by atoms with Gasteiger partial charge in [0.25, 0.3) is 0 Å². The maximum atomic E-state index is 5.14. The second-order valence-electron chi connectivity index (χ2n) is 5.57. The van der Waals surface area contributed by atoms with E-state index in [0.717, 1.165) is 25.5 Å². The van der Waals surface area contributed by atoms with Crippen LogP contribution in [0.2, 0.25) is 0 Å². The predicted molar refractivity (Wildman–Crippen MR) is 110 cm³/mol. The van der Waals surface area contributed by atoms with Gasteiger partial charge in [-0.3, -0.25) is 4.99 Å². The van der Waals surface area contributed by atoms with Gasteiger partial charge in [0.2, 0.25) is 0 Å². The molecule has 0 radical (unpaired) electrons. The van der Waals surface area contributed by atoms with Gasteiger partial charge in [0, 0.05) is 46.0 Å². The summed E-state index contributed by atoms with van der Waals surface area (Å²) in [5.41, 5.74) is 2.52. The summed E-state index contributed by atoms with van der Waals surface area (Å²) in [5, 5.41) is 6.60. The molecule has 1 unspecified atom stereocenters. The molecule has 1 aromatic rings. The van der Waals surface area contributed by atoms with Crippen molar-refractivity contribution in [2.75, 3.05) is 45.8 Å². The van der Waals surface area contributed by atoms with E-state index in [0.29, 0.717) is 6.61 Å². The van der Waals surface area contributed by atoms with E-state index in [-0.39, 0.29) is 30.0 Å². The second-order valence-corrected chi connectivity index (χ2v) is 5.57. The Morgan fingerprint density at radius 2 is 1.91 bits per heavy atom. The van der Waals surface area contributed by atoms with Crippen molar-refractivity contribution in [3.05, 3.63) is 29.8 Å². The zero-order chi connectivity index (χ0) is 16.4. The van der Waals surface area contributed by atoms with Gasteiger partial charge in [0.1, 0.15) is 0 Å². The summed E-state index contributed by atoms with van der Waals surface area (Å²) in [6.45, 7) is 6.42. The highest BCUT2D eigenvalue weighted by Gasteiger charge is 2.04. The molecule has 0 heterocycles. The first-order valence-corrected chi connectivity index (χ1v) is 7.86. The Balaban J connectivity index is 0.00000484. The van der Waals surface area contributed by atoms with E-state index in [9.17, 15) is 0 Å². The van der Waals surface area contributed by atoms with Crippen LogP contribution in [0.1, 0.15) is 19.4 Å². The highest BCUT2D eigenvalue weighted by Crippen LogP contribution is 2.12. The van der Waals surface area contributed by atoms with Crippen molar-refractivity contribution in [1.29, 1.82) is 0 Å². The van der Waals surface area contributed by atoms with Crippen LogP contribution in [0, 0.1) is 0 Å². The Bertz CT molecular complexity index is 448. The van der Waals surface area contributed by atoms with E-state index in [1.54, 1.807) is 7.11 Å². The molecular weight excluding hydrogens is 403 g/mol. The molecule has 0 fully saturated rings. The van der Waals surface area contributed by atoms with Gasteiger partial charge in [-0.05, 0) is 38.0 Å². The van der Waals surface area contributed by atoms with Crippen molar-refractivity contribution >= 4 is 35.6 Å². The molecule has 0 saturated heterocycles. The van der Waals surface area contributed by atoms with Gasteiger partial charge in [-0.25, -0.2) is 0 Å². The van der Waals surface area contributed by atoms with E-state index in [4.69, 9.17) is 4.74 Å². The van der Waals surface area contributed by atoms with E-state index in [2.05, 4.69) is 72.7 Å². The number of benzene rings is 1. The normalized spacial score (nSPS) is 12.3. The summed E-state index contributed by atoms with van der Waals surface area (Å²) in [5.74, 6) is 0.844. The molecule has 0 amide bonds. The Labute approximate surface area is 157 Å². The molecule has 1 atom stereocenters. The molecule has 0 aliphatic heterocycles. The lowest BCUT2D eigenvalue weighted by Crippen LogP contribution is -2.44. The molecule has 0 aromatic heterocycles. The monoisotopic (exact) mass is 434 g/mol. The first-order chi connectivity index (χ1) is 10.6. The number of aliphatic imine (C=N–C) groups is 1. The number of guanidine groups is 1. The summed E-state index contributed by atoms with van der Waals surface area (Å²) in [6.07, 6.45) is 0.933. The van der Waals surface area contributed by atoms with E-state index < -0.39 is 0 Å².